The lowest BCUT2D eigenvalue weighted by Gasteiger charge is -2.15. The summed E-state index contributed by atoms with van der Waals surface area (Å²) < 4.78 is 0. The van der Waals surface area contributed by atoms with Crippen molar-refractivity contribution in [3.8, 4) is 0 Å². The number of nitrogens with two attached hydrogens (primary N) is 2. The van der Waals surface area contributed by atoms with Crippen LogP contribution in [0.3, 0.4) is 0 Å². The lowest BCUT2D eigenvalue weighted by molar-refractivity contribution is -0.138. The normalized spacial score (nSPS) is 21.8. The largest absolute Gasteiger partial charge is 0.480 e. The first kappa shape index (κ1) is 15.9. The number of hydrogen-bond acceptors (Lipinski definition) is 4. The molecule has 1 amide bonds. The van der Waals surface area contributed by atoms with Crippen molar-refractivity contribution in [1.82, 2.24) is 4.90 Å². The first-order valence-corrected chi connectivity index (χ1v) is 7.22. The molecule has 0 aliphatic carbocycles. The number of nitrogens with zero attached hydrogens (tertiary/aromatic N) is 2. The van der Waals surface area contributed by atoms with Gasteiger partial charge in [-0.25, -0.2) is 0 Å². The van der Waals surface area contributed by atoms with Crippen molar-refractivity contribution in [1.29, 1.82) is 0 Å². The molecule has 1 aliphatic rings. The van der Waals surface area contributed by atoms with E-state index in [-0.39, 0.29) is 17.8 Å². The van der Waals surface area contributed by atoms with Gasteiger partial charge in [0.05, 0.1) is 0 Å². The third-order valence-electron chi connectivity index (χ3n) is 2.96. The van der Waals surface area contributed by atoms with Gasteiger partial charge in [-0.3, -0.25) is 19.5 Å². The second-order valence-electron chi connectivity index (χ2n) is 4.56. The van der Waals surface area contributed by atoms with Gasteiger partial charge in [-0.05, 0) is 18.8 Å². The highest BCUT2D eigenvalue weighted by molar-refractivity contribution is 9.09. The minimum atomic E-state index is -1.02. The summed E-state index contributed by atoms with van der Waals surface area (Å²) in [6.07, 6.45) is 1.34. The molecule has 0 aromatic carbocycles. The quantitative estimate of drug-likeness (QED) is 0.267. The van der Waals surface area contributed by atoms with E-state index in [1.807, 2.05) is 0 Å². The zero-order chi connectivity index (χ0) is 14.4. The molecule has 2 atom stereocenters. The molecule has 0 radical (unpaired) electrons. The molecule has 108 valence electrons. The van der Waals surface area contributed by atoms with Gasteiger partial charge in [0.15, 0.2) is 5.96 Å². The standard InChI is InChI=1S/C11H19BrN4O3/c12-5-7-4-9(17)16(6-7)11(14)15-3-1-2-8(13)10(18)19/h7-8H,1-6,13H2,(H2,14,15)(H,18,19). The minimum absolute atomic E-state index is 0.0204. The Morgan fingerprint density at radius 3 is 2.84 bits per heavy atom. The third-order valence-corrected chi connectivity index (χ3v) is 3.88. The maximum atomic E-state index is 11.7. The van der Waals surface area contributed by atoms with Crippen LogP contribution in [0.2, 0.25) is 0 Å². The number of carbonyl (C=O) groups is 2. The second kappa shape index (κ2) is 7.44. The highest BCUT2D eigenvalue weighted by Crippen LogP contribution is 2.19. The predicted octanol–water partition coefficient (Wildman–Crippen LogP) is -0.263. The van der Waals surface area contributed by atoms with Gasteiger partial charge in [0.1, 0.15) is 6.04 Å². The van der Waals surface area contributed by atoms with Crippen LogP contribution in [0.5, 0.6) is 0 Å². The number of likely N-dealkylation sites (tertiary alicyclic amines) is 1. The summed E-state index contributed by atoms with van der Waals surface area (Å²) in [5.41, 5.74) is 11.1. The van der Waals surface area contributed by atoms with Gasteiger partial charge >= 0.3 is 5.97 Å². The lowest BCUT2D eigenvalue weighted by atomic mass is 10.2. The average Bonchev–Trinajstić information content (AvgIpc) is 2.75. The van der Waals surface area contributed by atoms with Gasteiger partial charge in [-0.15, -0.1) is 0 Å². The average molecular weight is 335 g/mol. The van der Waals surface area contributed by atoms with Crippen LogP contribution in [0, 0.1) is 5.92 Å². The summed E-state index contributed by atoms with van der Waals surface area (Å²) in [5.74, 6) is -0.571. The number of amides is 1. The lowest BCUT2D eigenvalue weighted by Crippen LogP contribution is -2.38. The molecule has 5 N–H and O–H groups in total. The second-order valence-corrected chi connectivity index (χ2v) is 5.20. The van der Waals surface area contributed by atoms with Crippen molar-refractivity contribution in [3.05, 3.63) is 0 Å². The van der Waals surface area contributed by atoms with Crippen molar-refractivity contribution in [2.24, 2.45) is 22.4 Å². The van der Waals surface area contributed by atoms with E-state index in [4.69, 9.17) is 16.6 Å². The minimum Gasteiger partial charge on any atom is -0.480 e. The Hall–Kier alpha value is -1.15. The number of carbonyl (C=O) groups excluding carboxylic acids is 1. The molecule has 1 fully saturated rings. The van der Waals surface area contributed by atoms with Crippen molar-refractivity contribution in [2.75, 3.05) is 18.4 Å². The molecular formula is C11H19BrN4O3. The van der Waals surface area contributed by atoms with Crippen LogP contribution in [-0.2, 0) is 9.59 Å². The molecule has 0 saturated carbocycles. The molecule has 1 aliphatic heterocycles. The van der Waals surface area contributed by atoms with Gasteiger partial charge in [0.25, 0.3) is 0 Å². The molecule has 1 heterocycles. The summed E-state index contributed by atoms with van der Waals surface area (Å²) in [4.78, 5) is 27.7. The molecule has 0 aromatic rings. The Bertz CT molecular complexity index is 375. The monoisotopic (exact) mass is 334 g/mol. The van der Waals surface area contributed by atoms with E-state index >= 15 is 0 Å². The van der Waals surface area contributed by atoms with E-state index in [2.05, 4.69) is 20.9 Å². The van der Waals surface area contributed by atoms with Crippen LogP contribution in [0.1, 0.15) is 19.3 Å². The van der Waals surface area contributed by atoms with Crippen molar-refractivity contribution in [3.63, 3.8) is 0 Å². The van der Waals surface area contributed by atoms with Gasteiger partial charge in [0.2, 0.25) is 5.91 Å². The Kier molecular flexibility index (Phi) is 6.23. The highest BCUT2D eigenvalue weighted by Gasteiger charge is 2.30. The van der Waals surface area contributed by atoms with Crippen LogP contribution in [0.15, 0.2) is 4.99 Å². The van der Waals surface area contributed by atoms with Crippen molar-refractivity contribution in [2.45, 2.75) is 25.3 Å². The molecule has 0 spiro atoms. The smallest absolute Gasteiger partial charge is 0.320 e. The molecule has 0 bridgehead atoms. The number of rotatable bonds is 6. The van der Waals surface area contributed by atoms with Gasteiger partial charge in [-0.2, -0.15) is 0 Å². The molecule has 2 unspecified atom stereocenters. The number of alkyl halides is 1. The van der Waals surface area contributed by atoms with Crippen LogP contribution in [0.25, 0.3) is 0 Å². The summed E-state index contributed by atoms with van der Waals surface area (Å²) in [6, 6.07) is -0.873. The predicted molar refractivity (Wildman–Crippen MR) is 74.9 cm³/mol. The Labute approximate surface area is 120 Å². The van der Waals surface area contributed by atoms with Crippen molar-refractivity contribution >= 4 is 33.8 Å². The van der Waals surface area contributed by atoms with E-state index in [1.165, 1.54) is 4.90 Å². The first-order chi connectivity index (χ1) is 8.95. The Morgan fingerprint density at radius 2 is 2.32 bits per heavy atom. The Morgan fingerprint density at radius 1 is 1.63 bits per heavy atom. The maximum Gasteiger partial charge on any atom is 0.320 e. The fourth-order valence-corrected chi connectivity index (χ4v) is 2.25. The number of halogens is 1. The molecule has 0 aromatic heterocycles. The SMILES string of the molecule is NC(=NCCCC(N)C(=O)O)N1CC(CBr)CC1=O. The number of carboxylic acid groups (broad SMARTS) is 1. The number of aliphatic carboxylic acids is 1. The summed E-state index contributed by atoms with van der Waals surface area (Å²) >= 11 is 3.34. The van der Waals surface area contributed by atoms with E-state index in [0.29, 0.717) is 32.4 Å². The zero-order valence-electron chi connectivity index (χ0n) is 10.6. The van der Waals surface area contributed by atoms with Crippen LogP contribution in [-0.4, -0.2) is 52.3 Å². The number of aliphatic imine (C=N–C) groups is 1. The van der Waals surface area contributed by atoms with Crippen LogP contribution in [0.4, 0.5) is 0 Å². The highest BCUT2D eigenvalue weighted by atomic mass is 79.9. The molecule has 8 heteroatoms. The van der Waals surface area contributed by atoms with Crippen LogP contribution >= 0.6 is 15.9 Å². The molecule has 1 rings (SSSR count). The number of carboxylic acids is 1. The number of guanidine groups is 1. The van der Waals surface area contributed by atoms with Gasteiger partial charge in [-0.1, -0.05) is 15.9 Å². The van der Waals surface area contributed by atoms with Gasteiger partial charge < -0.3 is 16.6 Å². The summed E-state index contributed by atoms with van der Waals surface area (Å²) in [5, 5.41) is 9.37. The first-order valence-electron chi connectivity index (χ1n) is 6.10. The van der Waals surface area contributed by atoms with E-state index in [0.717, 1.165) is 5.33 Å². The van der Waals surface area contributed by atoms with Crippen LogP contribution < -0.4 is 11.5 Å². The molecule has 1 saturated heterocycles. The van der Waals surface area contributed by atoms with Crippen molar-refractivity contribution < 1.29 is 14.7 Å². The molecule has 19 heavy (non-hydrogen) atoms. The van der Waals surface area contributed by atoms with E-state index in [9.17, 15) is 9.59 Å². The topological polar surface area (TPSA) is 122 Å². The fourth-order valence-electron chi connectivity index (χ4n) is 1.82. The van der Waals surface area contributed by atoms with Gasteiger partial charge in [0, 0.05) is 24.8 Å². The fraction of sp³-hybridized carbons (Fsp3) is 0.727. The van der Waals surface area contributed by atoms with E-state index < -0.39 is 12.0 Å². The maximum absolute atomic E-state index is 11.7. The summed E-state index contributed by atoms with van der Waals surface area (Å²) in [7, 11) is 0. The summed E-state index contributed by atoms with van der Waals surface area (Å²) in [6.45, 7) is 0.948. The zero-order valence-corrected chi connectivity index (χ0v) is 12.2. The van der Waals surface area contributed by atoms with E-state index in [1.54, 1.807) is 0 Å². The third kappa shape index (κ3) is 4.79. The Balaban J connectivity index is 2.37. The number of hydrogen-bond donors (Lipinski definition) is 3. The molecule has 7 nitrogen and oxygen atoms in total. The molecular weight excluding hydrogens is 316 g/mol.